The van der Waals surface area contributed by atoms with Gasteiger partial charge in [-0.1, -0.05) is 38.8 Å². The molecule has 1 rings (SSSR count). The summed E-state index contributed by atoms with van der Waals surface area (Å²) in [5.41, 5.74) is 2.06. The van der Waals surface area contributed by atoms with Crippen LogP contribution in [0.25, 0.3) is 0 Å². The van der Waals surface area contributed by atoms with Crippen LogP contribution >= 0.6 is 24.0 Å². The van der Waals surface area contributed by atoms with Gasteiger partial charge in [0.15, 0.2) is 5.96 Å². The number of anilines is 1. The lowest BCUT2D eigenvalue weighted by molar-refractivity contribution is -0.114. The minimum atomic E-state index is -0.0484. The van der Waals surface area contributed by atoms with Crippen LogP contribution in [0.4, 0.5) is 5.69 Å². The third-order valence-electron chi connectivity index (χ3n) is 3.70. The van der Waals surface area contributed by atoms with Crippen molar-refractivity contribution in [1.29, 1.82) is 0 Å². The van der Waals surface area contributed by atoms with Crippen LogP contribution in [-0.4, -0.2) is 32.0 Å². The second-order valence-electron chi connectivity index (χ2n) is 6.44. The van der Waals surface area contributed by atoms with Crippen LogP contribution < -0.4 is 16.0 Å². The zero-order valence-corrected chi connectivity index (χ0v) is 18.2. The first kappa shape index (κ1) is 23.7. The molecule has 1 amide bonds. The van der Waals surface area contributed by atoms with E-state index in [4.69, 9.17) is 0 Å². The highest BCUT2D eigenvalue weighted by Gasteiger charge is 2.00. The molecule has 142 valence electrons. The van der Waals surface area contributed by atoms with Crippen LogP contribution in [0, 0.1) is 5.92 Å². The van der Waals surface area contributed by atoms with Crippen molar-refractivity contribution in [2.45, 2.75) is 46.5 Å². The summed E-state index contributed by atoms with van der Waals surface area (Å²) < 4.78 is 0. The van der Waals surface area contributed by atoms with Crippen LogP contribution in [0.3, 0.4) is 0 Å². The number of halogens is 1. The number of hydrogen-bond acceptors (Lipinski definition) is 2. The summed E-state index contributed by atoms with van der Waals surface area (Å²) in [6.45, 7) is 7.81. The fourth-order valence-corrected chi connectivity index (χ4v) is 2.39. The van der Waals surface area contributed by atoms with Gasteiger partial charge in [-0.05, 0) is 36.5 Å². The lowest BCUT2D eigenvalue weighted by Gasteiger charge is -2.12. The third-order valence-corrected chi connectivity index (χ3v) is 3.70. The molecule has 25 heavy (non-hydrogen) atoms. The number of carbonyl (C=O) groups is 1. The molecule has 0 aliphatic carbocycles. The number of amides is 1. The maximum absolute atomic E-state index is 11.0. The number of nitrogens with one attached hydrogen (secondary N) is 3. The fourth-order valence-electron chi connectivity index (χ4n) is 2.39. The van der Waals surface area contributed by atoms with Crippen molar-refractivity contribution in [3.63, 3.8) is 0 Å². The molecule has 0 aliphatic rings. The van der Waals surface area contributed by atoms with E-state index in [0.717, 1.165) is 37.1 Å². The normalized spacial score (nSPS) is 11.0. The monoisotopic (exact) mass is 460 g/mol. The topological polar surface area (TPSA) is 65.5 Å². The van der Waals surface area contributed by atoms with Crippen molar-refractivity contribution in [2.75, 3.05) is 25.5 Å². The Morgan fingerprint density at radius 1 is 1.08 bits per heavy atom. The summed E-state index contributed by atoms with van der Waals surface area (Å²) >= 11 is 0. The zero-order chi connectivity index (χ0) is 17.8. The van der Waals surface area contributed by atoms with Crippen LogP contribution in [0.5, 0.6) is 0 Å². The number of nitrogens with zero attached hydrogens (tertiary/aromatic N) is 1. The van der Waals surface area contributed by atoms with Gasteiger partial charge in [-0.3, -0.25) is 9.79 Å². The van der Waals surface area contributed by atoms with E-state index in [-0.39, 0.29) is 29.9 Å². The molecule has 0 bridgehead atoms. The molecule has 0 spiro atoms. The number of rotatable bonds is 9. The van der Waals surface area contributed by atoms with Gasteiger partial charge in [0, 0.05) is 32.7 Å². The number of guanidine groups is 1. The van der Waals surface area contributed by atoms with Crippen molar-refractivity contribution in [2.24, 2.45) is 10.9 Å². The molecule has 0 saturated carbocycles. The minimum Gasteiger partial charge on any atom is -0.356 e. The Labute approximate surface area is 169 Å². The van der Waals surface area contributed by atoms with E-state index >= 15 is 0 Å². The Morgan fingerprint density at radius 3 is 2.28 bits per heavy atom. The molecule has 0 aliphatic heterocycles. The molecule has 5 nitrogen and oxygen atoms in total. The van der Waals surface area contributed by atoms with Crippen molar-refractivity contribution >= 4 is 41.5 Å². The SMILES string of the molecule is CN=C(NCCCCC(C)C)NCCc1ccc(NC(C)=O)cc1.I. The smallest absolute Gasteiger partial charge is 0.221 e. The van der Waals surface area contributed by atoms with Gasteiger partial charge in [0.1, 0.15) is 0 Å². The van der Waals surface area contributed by atoms with E-state index in [2.05, 4.69) is 34.8 Å². The zero-order valence-electron chi connectivity index (χ0n) is 15.9. The second kappa shape index (κ2) is 13.9. The number of unbranched alkanes of at least 4 members (excludes halogenated alkanes) is 1. The number of aliphatic imine (C=N–C) groups is 1. The van der Waals surface area contributed by atoms with Crippen LogP contribution in [-0.2, 0) is 11.2 Å². The maximum Gasteiger partial charge on any atom is 0.221 e. The Kier molecular flexibility index (Phi) is 13.2. The average Bonchev–Trinajstić information content (AvgIpc) is 2.53. The first-order valence-corrected chi connectivity index (χ1v) is 8.82. The van der Waals surface area contributed by atoms with Gasteiger partial charge < -0.3 is 16.0 Å². The van der Waals surface area contributed by atoms with Crippen LogP contribution in [0.15, 0.2) is 29.3 Å². The molecule has 0 heterocycles. The summed E-state index contributed by atoms with van der Waals surface area (Å²) in [6.07, 6.45) is 4.61. The first-order chi connectivity index (χ1) is 11.5. The molecular formula is C19H33IN4O. The Morgan fingerprint density at radius 2 is 1.72 bits per heavy atom. The molecular weight excluding hydrogens is 427 g/mol. The van der Waals surface area contributed by atoms with Crippen LogP contribution in [0.1, 0.15) is 45.6 Å². The van der Waals surface area contributed by atoms with Gasteiger partial charge >= 0.3 is 0 Å². The van der Waals surface area contributed by atoms with E-state index in [1.165, 1.54) is 31.7 Å². The highest BCUT2D eigenvalue weighted by atomic mass is 127. The van der Waals surface area contributed by atoms with E-state index in [1.54, 1.807) is 7.05 Å². The van der Waals surface area contributed by atoms with E-state index in [9.17, 15) is 4.79 Å². The molecule has 0 unspecified atom stereocenters. The molecule has 1 aromatic rings. The average molecular weight is 460 g/mol. The summed E-state index contributed by atoms with van der Waals surface area (Å²) in [7, 11) is 1.80. The number of hydrogen-bond donors (Lipinski definition) is 3. The summed E-state index contributed by atoms with van der Waals surface area (Å²) in [4.78, 5) is 15.2. The molecule has 0 radical (unpaired) electrons. The Hall–Kier alpha value is -1.31. The highest BCUT2D eigenvalue weighted by Crippen LogP contribution is 2.09. The Bertz CT molecular complexity index is 515. The first-order valence-electron chi connectivity index (χ1n) is 8.82. The van der Waals surface area contributed by atoms with Crippen LogP contribution in [0.2, 0.25) is 0 Å². The third kappa shape index (κ3) is 11.8. The number of carbonyl (C=O) groups excluding carboxylic acids is 1. The quantitative estimate of drug-likeness (QED) is 0.227. The van der Waals surface area contributed by atoms with E-state index < -0.39 is 0 Å². The van der Waals surface area contributed by atoms with E-state index in [1.807, 2.05) is 24.3 Å². The van der Waals surface area contributed by atoms with Gasteiger partial charge in [0.25, 0.3) is 0 Å². The van der Waals surface area contributed by atoms with Gasteiger partial charge in [0.05, 0.1) is 0 Å². The van der Waals surface area contributed by atoms with Gasteiger partial charge in [-0.25, -0.2) is 0 Å². The second-order valence-corrected chi connectivity index (χ2v) is 6.44. The standard InChI is InChI=1S/C19H32N4O.HI/c1-15(2)7-5-6-13-21-19(20-4)22-14-12-17-8-10-18(11-9-17)23-16(3)24;/h8-11,15H,5-7,12-14H2,1-4H3,(H,23,24)(H2,20,21,22);1H. The van der Waals surface area contributed by atoms with Gasteiger partial charge in [0.2, 0.25) is 5.91 Å². The molecule has 6 heteroatoms. The van der Waals surface area contributed by atoms with E-state index in [0.29, 0.717) is 0 Å². The summed E-state index contributed by atoms with van der Waals surface area (Å²) in [5.74, 6) is 1.58. The molecule has 0 fully saturated rings. The maximum atomic E-state index is 11.0. The largest absolute Gasteiger partial charge is 0.356 e. The Balaban J connectivity index is 0.00000576. The predicted molar refractivity (Wildman–Crippen MR) is 118 cm³/mol. The van der Waals surface area contributed by atoms with Crippen molar-refractivity contribution in [3.8, 4) is 0 Å². The van der Waals surface area contributed by atoms with Crippen molar-refractivity contribution in [1.82, 2.24) is 10.6 Å². The summed E-state index contributed by atoms with van der Waals surface area (Å²) in [6, 6.07) is 7.93. The molecule has 1 aromatic carbocycles. The van der Waals surface area contributed by atoms with Gasteiger partial charge in [-0.2, -0.15) is 0 Å². The van der Waals surface area contributed by atoms with Crippen molar-refractivity contribution in [3.05, 3.63) is 29.8 Å². The molecule has 3 N–H and O–H groups in total. The van der Waals surface area contributed by atoms with Crippen molar-refractivity contribution < 1.29 is 4.79 Å². The van der Waals surface area contributed by atoms with Gasteiger partial charge in [-0.15, -0.1) is 24.0 Å². The molecule has 0 atom stereocenters. The lowest BCUT2D eigenvalue weighted by atomic mass is 10.1. The highest BCUT2D eigenvalue weighted by molar-refractivity contribution is 14.0. The molecule has 0 aromatic heterocycles. The predicted octanol–water partition coefficient (Wildman–Crippen LogP) is 3.80. The number of benzene rings is 1. The minimum absolute atomic E-state index is 0. The summed E-state index contributed by atoms with van der Waals surface area (Å²) in [5, 5.41) is 9.46. The fraction of sp³-hybridized carbons (Fsp3) is 0.579. The lowest BCUT2D eigenvalue weighted by Crippen LogP contribution is -2.38. The molecule has 0 saturated heterocycles.